The van der Waals surface area contributed by atoms with E-state index in [-0.39, 0.29) is 17.8 Å². The van der Waals surface area contributed by atoms with Gasteiger partial charge in [0.05, 0.1) is 24.7 Å². The first-order valence-electron chi connectivity index (χ1n) is 8.17. The number of hydrogen-bond donors (Lipinski definition) is 3. The lowest BCUT2D eigenvalue weighted by Gasteiger charge is -2.23. The normalized spacial score (nSPS) is 18.5. The maximum Gasteiger partial charge on any atom is 0.388 e. The highest BCUT2D eigenvalue weighted by Gasteiger charge is 2.27. The smallest absolute Gasteiger partial charge is 0.388 e. The van der Waals surface area contributed by atoms with Crippen molar-refractivity contribution in [1.82, 2.24) is 30.4 Å². The third-order valence-electron chi connectivity index (χ3n) is 4.28. The summed E-state index contributed by atoms with van der Waals surface area (Å²) >= 11 is 0. The first-order chi connectivity index (χ1) is 12.7. The lowest BCUT2D eigenvalue weighted by molar-refractivity contribution is -0.0528. The minimum atomic E-state index is -2.89. The third kappa shape index (κ3) is 3.72. The predicted octanol–water partition coefficient (Wildman–Crippen LogP) is 1.74. The Morgan fingerprint density at radius 1 is 1.35 bits per heavy atom. The number of nitrogens with zero attached hydrogens (tertiary/aromatic N) is 4. The fourth-order valence-electron chi connectivity index (χ4n) is 3.02. The Hall–Kier alpha value is -2.82. The van der Waals surface area contributed by atoms with Crippen LogP contribution in [0.3, 0.4) is 0 Å². The Morgan fingerprint density at radius 3 is 3.08 bits per heavy atom. The molecule has 1 unspecified atom stereocenters. The molecular weight excluding hydrogens is 348 g/mol. The van der Waals surface area contributed by atoms with Gasteiger partial charge in [0.15, 0.2) is 5.65 Å². The zero-order valence-corrected chi connectivity index (χ0v) is 13.7. The number of halogens is 2. The Labute approximate surface area is 146 Å². The van der Waals surface area contributed by atoms with E-state index in [9.17, 15) is 8.78 Å². The molecule has 26 heavy (non-hydrogen) atoms. The summed E-state index contributed by atoms with van der Waals surface area (Å²) in [6.07, 6.45) is 4.63. The first-order valence-corrected chi connectivity index (χ1v) is 8.17. The topological polar surface area (TPSA) is 114 Å². The largest absolute Gasteiger partial charge is 0.417 e. The summed E-state index contributed by atoms with van der Waals surface area (Å²) in [5, 5.41) is 16.6. The van der Waals surface area contributed by atoms with Crippen molar-refractivity contribution in [3.8, 4) is 5.88 Å². The van der Waals surface area contributed by atoms with Crippen molar-refractivity contribution in [3.63, 3.8) is 0 Å². The average Bonchev–Trinajstić information content (AvgIpc) is 3.35. The van der Waals surface area contributed by atoms with Gasteiger partial charge in [-0.3, -0.25) is 5.10 Å². The lowest BCUT2D eigenvalue weighted by Crippen LogP contribution is -2.32. The molecule has 3 aromatic heterocycles. The molecule has 4 heterocycles. The third-order valence-corrected chi connectivity index (χ3v) is 4.28. The molecule has 0 aliphatic carbocycles. The standard InChI is InChI=1S/C15H17F2N7O2/c16-15(17)26-13-4-9(22-23-13)3-10(8-1-2-25-7-8)20-12-6-18-11-5-19-24-14(11)21-12/h4-6,8,10,15H,1-3,7H2,(H,22,23)(H2,19,20,21,24)/t8-,10?/m0/s1. The van der Waals surface area contributed by atoms with E-state index in [1.165, 1.54) is 6.07 Å². The highest BCUT2D eigenvalue weighted by atomic mass is 19.3. The van der Waals surface area contributed by atoms with E-state index in [4.69, 9.17) is 4.74 Å². The SMILES string of the molecule is FC(F)Oc1cc(CC(Nc2cnc3cn[nH]c3n2)[C@H]2CCOC2)n[nH]1. The summed E-state index contributed by atoms with van der Waals surface area (Å²) in [5.74, 6) is 0.777. The van der Waals surface area contributed by atoms with Crippen LogP contribution in [0.15, 0.2) is 18.5 Å². The van der Waals surface area contributed by atoms with Crippen LogP contribution in [0.4, 0.5) is 14.6 Å². The van der Waals surface area contributed by atoms with Crippen LogP contribution >= 0.6 is 0 Å². The van der Waals surface area contributed by atoms with Gasteiger partial charge in [0.2, 0.25) is 5.88 Å². The van der Waals surface area contributed by atoms with Gasteiger partial charge in [-0.2, -0.15) is 19.0 Å². The average molecular weight is 365 g/mol. The maximum absolute atomic E-state index is 12.3. The highest BCUT2D eigenvalue weighted by Crippen LogP contribution is 2.24. The number of aromatic nitrogens is 6. The van der Waals surface area contributed by atoms with E-state index in [0.717, 1.165) is 6.42 Å². The summed E-state index contributed by atoms with van der Waals surface area (Å²) in [6, 6.07) is 1.43. The summed E-state index contributed by atoms with van der Waals surface area (Å²) in [4.78, 5) is 8.74. The summed E-state index contributed by atoms with van der Waals surface area (Å²) < 4.78 is 34.4. The summed E-state index contributed by atoms with van der Waals surface area (Å²) in [5.41, 5.74) is 1.88. The molecule has 1 aliphatic rings. The van der Waals surface area contributed by atoms with Crippen LogP contribution in [-0.4, -0.2) is 56.2 Å². The van der Waals surface area contributed by atoms with Crippen LogP contribution in [0.25, 0.3) is 11.2 Å². The molecule has 0 spiro atoms. The molecule has 3 N–H and O–H groups in total. The van der Waals surface area contributed by atoms with Gasteiger partial charge < -0.3 is 14.8 Å². The second kappa shape index (κ2) is 7.20. The van der Waals surface area contributed by atoms with Crippen LogP contribution in [0.2, 0.25) is 0 Å². The second-order valence-electron chi connectivity index (χ2n) is 6.04. The van der Waals surface area contributed by atoms with Gasteiger partial charge in [-0.1, -0.05) is 0 Å². The number of ether oxygens (including phenoxy) is 2. The number of aromatic amines is 2. The van der Waals surface area contributed by atoms with E-state index in [2.05, 4.69) is 40.4 Å². The van der Waals surface area contributed by atoms with Gasteiger partial charge in [-0.15, -0.1) is 0 Å². The number of nitrogens with one attached hydrogen (secondary N) is 3. The molecule has 2 atom stereocenters. The van der Waals surface area contributed by atoms with E-state index in [1.807, 2.05) is 0 Å². The molecule has 9 nitrogen and oxygen atoms in total. The second-order valence-corrected chi connectivity index (χ2v) is 6.04. The molecule has 1 saturated heterocycles. The number of hydrogen-bond acceptors (Lipinski definition) is 7. The zero-order chi connectivity index (χ0) is 17.9. The quantitative estimate of drug-likeness (QED) is 0.584. The molecule has 0 amide bonds. The fraction of sp³-hybridized carbons (Fsp3) is 0.467. The molecule has 0 radical (unpaired) electrons. The number of H-pyrrole nitrogens is 2. The van der Waals surface area contributed by atoms with Crippen molar-refractivity contribution in [2.45, 2.75) is 25.5 Å². The van der Waals surface area contributed by atoms with Gasteiger partial charge in [0.25, 0.3) is 0 Å². The van der Waals surface area contributed by atoms with Crippen LogP contribution in [0.1, 0.15) is 12.1 Å². The molecule has 0 saturated carbocycles. The van der Waals surface area contributed by atoms with Crippen molar-refractivity contribution in [3.05, 3.63) is 24.2 Å². The van der Waals surface area contributed by atoms with Gasteiger partial charge in [-0.05, 0) is 6.42 Å². The van der Waals surface area contributed by atoms with Gasteiger partial charge in [-0.25, -0.2) is 15.1 Å². The number of alkyl halides is 2. The number of rotatable bonds is 7. The molecule has 4 rings (SSSR count). The van der Waals surface area contributed by atoms with Gasteiger partial charge in [0.1, 0.15) is 11.3 Å². The molecule has 11 heteroatoms. The predicted molar refractivity (Wildman–Crippen MR) is 86.9 cm³/mol. The molecule has 0 bridgehead atoms. The Morgan fingerprint density at radius 2 is 2.27 bits per heavy atom. The highest BCUT2D eigenvalue weighted by molar-refractivity contribution is 5.69. The van der Waals surface area contributed by atoms with Crippen LogP contribution in [-0.2, 0) is 11.2 Å². The van der Waals surface area contributed by atoms with Crippen molar-refractivity contribution in [1.29, 1.82) is 0 Å². The molecule has 0 aromatic carbocycles. The van der Waals surface area contributed by atoms with Crippen molar-refractivity contribution in [2.75, 3.05) is 18.5 Å². The minimum absolute atomic E-state index is 0.0464. The molecular formula is C15H17F2N7O2. The van der Waals surface area contributed by atoms with Crippen LogP contribution in [0, 0.1) is 5.92 Å². The zero-order valence-electron chi connectivity index (χ0n) is 13.7. The molecule has 138 valence electrons. The molecule has 1 fully saturated rings. The summed E-state index contributed by atoms with van der Waals surface area (Å²) in [6.45, 7) is -1.59. The van der Waals surface area contributed by atoms with Crippen molar-refractivity contribution < 1.29 is 18.3 Å². The van der Waals surface area contributed by atoms with Gasteiger partial charge in [0, 0.05) is 31.1 Å². The van der Waals surface area contributed by atoms with Crippen molar-refractivity contribution >= 4 is 17.0 Å². The Bertz CT molecular complexity index is 862. The Balaban J connectivity index is 1.51. The van der Waals surface area contributed by atoms with E-state index in [1.54, 1.807) is 12.4 Å². The maximum atomic E-state index is 12.3. The molecule has 3 aromatic rings. The van der Waals surface area contributed by atoms with E-state index >= 15 is 0 Å². The fourth-order valence-corrected chi connectivity index (χ4v) is 3.02. The van der Waals surface area contributed by atoms with Gasteiger partial charge >= 0.3 is 6.61 Å². The van der Waals surface area contributed by atoms with E-state index in [0.29, 0.717) is 42.3 Å². The Kier molecular flexibility index (Phi) is 4.61. The molecule has 1 aliphatic heterocycles. The van der Waals surface area contributed by atoms with Crippen molar-refractivity contribution in [2.24, 2.45) is 5.92 Å². The van der Waals surface area contributed by atoms with Crippen LogP contribution < -0.4 is 10.1 Å². The number of anilines is 1. The summed E-state index contributed by atoms with van der Waals surface area (Å²) in [7, 11) is 0. The van der Waals surface area contributed by atoms with Crippen LogP contribution in [0.5, 0.6) is 5.88 Å². The van der Waals surface area contributed by atoms with E-state index < -0.39 is 6.61 Å². The first kappa shape index (κ1) is 16.6. The monoisotopic (exact) mass is 365 g/mol. The number of fused-ring (bicyclic) bond motifs is 1. The minimum Gasteiger partial charge on any atom is -0.417 e. The lowest BCUT2D eigenvalue weighted by atomic mass is 9.95.